The normalized spacial score (nSPS) is 15.0. The Morgan fingerprint density at radius 1 is 1.23 bits per heavy atom. The lowest BCUT2D eigenvalue weighted by Crippen LogP contribution is -2.46. The molecule has 0 bridgehead atoms. The van der Waals surface area contributed by atoms with Gasteiger partial charge >= 0.3 is 0 Å². The number of ether oxygens (including phenoxy) is 1. The molecule has 1 N–H and O–H groups in total. The van der Waals surface area contributed by atoms with Crippen molar-refractivity contribution in [3.05, 3.63) is 47.2 Å². The average Bonchev–Trinajstić information content (AvgIpc) is 2.68. The van der Waals surface area contributed by atoms with Crippen molar-refractivity contribution in [1.29, 1.82) is 0 Å². The Morgan fingerprint density at radius 2 is 2.00 bits per heavy atom. The highest BCUT2D eigenvalue weighted by molar-refractivity contribution is 6.31. The Hall–Kier alpha value is -2.31. The molecule has 6 nitrogen and oxygen atoms in total. The monoisotopic (exact) mass is 374 g/mol. The van der Waals surface area contributed by atoms with E-state index in [4.69, 9.17) is 16.3 Å². The summed E-state index contributed by atoms with van der Waals surface area (Å²) >= 11 is 6.00. The van der Waals surface area contributed by atoms with E-state index in [1.807, 2.05) is 6.07 Å². The van der Waals surface area contributed by atoms with E-state index in [0.717, 1.165) is 38.4 Å². The van der Waals surface area contributed by atoms with Gasteiger partial charge in [-0.1, -0.05) is 18.5 Å². The standard InChI is InChI=1S/C19H23ClN4O2/c1-3-23-8-10-24(11-9-23)15-5-6-16(21-13-15)19(25)22-17-12-14(20)4-7-18(17)26-2/h4-7,12-13H,3,8-11H2,1-2H3,(H,22,25). The van der Waals surface area contributed by atoms with E-state index >= 15 is 0 Å². The van der Waals surface area contributed by atoms with Crippen LogP contribution in [0.25, 0.3) is 0 Å². The minimum atomic E-state index is -0.298. The molecule has 1 fully saturated rings. The van der Waals surface area contributed by atoms with Crippen LogP contribution in [0.4, 0.5) is 11.4 Å². The molecule has 3 rings (SSSR count). The number of carbonyl (C=O) groups excluding carboxylic acids is 1. The Morgan fingerprint density at radius 3 is 2.62 bits per heavy atom. The number of anilines is 2. The van der Waals surface area contributed by atoms with Crippen LogP contribution in [0, 0.1) is 0 Å². The molecule has 26 heavy (non-hydrogen) atoms. The van der Waals surface area contributed by atoms with Gasteiger partial charge in [-0.3, -0.25) is 4.79 Å². The fourth-order valence-corrected chi connectivity index (χ4v) is 3.17. The molecule has 7 heteroatoms. The Bertz CT molecular complexity index is 759. The molecule has 138 valence electrons. The summed E-state index contributed by atoms with van der Waals surface area (Å²) in [7, 11) is 1.55. The van der Waals surface area contributed by atoms with Crippen molar-refractivity contribution in [1.82, 2.24) is 9.88 Å². The second kappa shape index (κ2) is 8.38. The molecule has 0 radical (unpaired) electrons. The number of nitrogens with zero attached hydrogens (tertiary/aromatic N) is 3. The van der Waals surface area contributed by atoms with Gasteiger partial charge < -0.3 is 19.9 Å². The van der Waals surface area contributed by atoms with Gasteiger partial charge in [-0.25, -0.2) is 4.98 Å². The number of hydrogen-bond donors (Lipinski definition) is 1. The zero-order valence-electron chi connectivity index (χ0n) is 15.0. The maximum atomic E-state index is 12.5. The first-order chi connectivity index (χ1) is 12.6. The molecule has 1 aliphatic heterocycles. The molecule has 0 spiro atoms. The van der Waals surface area contributed by atoms with E-state index in [0.29, 0.717) is 22.2 Å². The van der Waals surface area contributed by atoms with E-state index in [1.54, 1.807) is 37.6 Å². The largest absolute Gasteiger partial charge is 0.495 e. The molecule has 1 amide bonds. The molecule has 0 unspecified atom stereocenters. The third-order valence-corrected chi connectivity index (χ3v) is 4.81. The highest BCUT2D eigenvalue weighted by atomic mass is 35.5. The number of halogens is 1. The van der Waals surface area contributed by atoms with Crippen molar-refractivity contribution < 1.29 is 9.53 Å². The molecule has 1 aromatic carbocycles. The van der Waals surface area contributed by atoms with Gasteiger partial charge in [-0.05, 0) is 36.9 Å². The van der Waals surface area contributed by atoms with Gasteiger partial charge in [0.05, 0.1) is 24.7 Å². The van der Waals surface area contributed by atoms with Crippen molar-refractivity contribution in [3.63, 3.8) is 0 Å². The number of aromatic nitrogens is 1. The predicted octanol–water partition coefficient (Wildman–Crippen LogP) is 3.14. The Labute approximate surface area is 158 Å². The average molecular weight is 375 g/mol. The number of carbonyl (C=O) groups is 1. The maximum absolute atomic E-state index is 12.5. The predicted molar refractivity (Wildman–Crippen MR) is 105 cm³/mol. The van der Waals surface area contributed by atoms with E-state index < -0.39 is 0 Å². The summed E-state index contributed by atoms with van der Waals surface area (Å²) in [6, 6.07) is 8.76. The van der Waals surface area contributed by atoms with Gasteiger partial charge in [0.1, 0.15) is 11.4 Å². The number of benzene rings is 1. The van der Waals surface area contributed by atoms with Crippen LogP contribution in [0.15, 0.2) is 36.5 Å². The lowest BCUT2D eigenvalue weighted by molar-refractivity contribution is 0.102. The summed E-state index contributed by atoms with van der Waals surface area (Å²) < 4.78 is 5.25. The topological polar surface area (TPSA) is 57.7 Å². The number of pyridine rings is 1. The van der Waals surface area contributed by atoms with Crippen LogP contribution in [-0.4, -0.2) is 55.6 Å². The van der Waals surface area contributed by atoms with Crippen molar-refractivity contribution in [2.24, 2.45) is 0 Å². The Kier molecular flexibility index (Phi) is 5.96. The number of rotatable bonds is 5. The van der Waals surface area contributed by atoms with Crippen LogP contribution in [0.5, 0.6) is 5.75 Å². The molecule has 1 saturated heterocycles. The zero-order valence-corrected chi connectivity index (χ0v) is 15.8. The van der Waals surface area contributed by atoms with Crippen LogP contribution in [0.2, 0.25) is 5.02 Å². The van der Waals surface area contributed by atoms with Gasteiger partial charge in [-0.15, -0.1) is 0 Å². The van der Waals surface area contributed by atoms with Crippen LogP contribution in [0.1, 0.15) is 17.4 Å². The molecular formula is C19H23ClN4O2. The van der Waals surface area contributed by atoms with Crippen LogP contribution in [-0.2, 0) is 0 Å². The van der Waals surface area contributed by atoms with Crippen molar-refractivity contribution in [3.8, 4) is 5.75 Å². The second-order valence-electron chi connectivity index (χ2n) is 6.12. The molecule has 1 aromatic heterocycles. The summed E-state index contributed by atoms with van der Waals surface area (Å²) in [6.45, 7) is 7.31. The van der Waals surface area contributed by atoms with E-state index in [1.165, 1.54) is 0 Å². The number of nitrogens with one attached hydrogen (secondary N) is 1. The quantitative estimate of drug-likeness (QED) is 0.871. The number of piperazine rings is 1. The number of methoxy groups -OCH3 is 1. The highest BCUT2D eigenvalue weighted by Crippen LogP contribution is 2.28. The van der Waals surface area contributed by atoms with Crippen molar-refractivity contribution in [2.45, 2.75) is 6.92 Å². The van der Waals surface area contributed by atoms with Gasteiger partial charge in [0.25, 0.3) is 5.91 Å². The minimum Gasteiger partial charge on any atom is -0.495 e. The summed E-state index contributed by atoms with van der Waals surface area (Å²) in [6.07, 6.45) is 1.76. The first kappa shape index (κ1) is 18.5. The number of amides is 1. The maximum Gasteiger partial charge on any atom is 0.274 e. The second-order valence-corrected chi connectivity index (χ2v) is 6.56. The van der Waals surface area contributed by atoms with Crippen LogP contribution >= 0.6 is 11.6 Å². The summed E-state index contributed by atoms with van der Waals surface area (Å²) in [4.78, 5) is 21.5. The highest BCUT2D eigenvalue weighted by Gasteiger charge is 2.17. The number of likely N-dealkylation sites (N-methyl/N-ethyl adjacent to an activating group) is 1. The van der Waals surface area contributed by atoms with Crippen LogP contribution in [0.3, 0.4) is 0 Å². The van der Waals surface area contributed by atoms with Crippen molar-refractivity contribution in [2.75, 3.05) is 50.1 Å². The lowest BCUT2D eigenvalue weighted by atomic mass is 10.2. The van der Waals surface area contributed by atoms with Gasteiger partial charge in [0.2, 0.25) is 0 Å². The first-order valence-corrected chi connectivity index (χ1v) is 9.06. The fraction of sp³-hybridized carbons (Fsp3) is 0.368. The summed E-state index contributed by atoms with van der Waals surface area (Å²) in [5.74, 6) is 0.251. The molecule has 0 saturated carbocycles. The SMILES string of the molecule is CCN1CCN(c2ccc(C(=O)Nc3cc(Cl)ccc3OC)nc2)CC1. The van der Waals surface area contributed by atoms with E-state index in [-0.39, 0.29) is 5.91 Å². The summed E-state index contributed by atoms with van der Waals surface area (Å²) in [5.41, 5.74) is 1.91. The molecule has 0 atom stereocenters. The fourth-order valence-electron chi connectivity index (χ4n) is 2.99. The molecule has 1 aliphatic rings. The zero-order chi connectivity index (χ0) is 18.5. The van der Waals surface area contributed by atoms with Gasteiger partial charge in [0, 0.05) is 31.2 Å². The van der Waals surface area contributed by atoms with Gasteiger partial charge in [0.15, 0.2) is 0 Å². The molecule has 0 aliphatic carbocycles. The molecule has 2 heterocycles. The first-order valence-electron chi connectivity index (χ1n) is 8.69. The smallest absolute Gasteiger partial charge is 0.274 e. The van der Waals surface area contributed by atoms with E-state index in [2.05, 4.69) is 27.0 Å². The van der Waals surface area contributed by atoms with E-state index in [9.17, 15) is 4.79 Å². The number of hydrogen-bond acceptors (Lipinski definition) is 5. The summed E-state index contributed by atoms with van der Waals surface area (Å²) in [5, 5.41) is 3.32. The third kappa shape index (κ3) is 4.26. The third-order valence-electron chi connectivity index (χ3n) is 4.57. The molecular weight excluding hydrogens is 352 g/mol. The Balaban J connectivity index is 1.67. The minimum absolute atomic E-state index is 0.298. The van der Waals surface area contributed by atoms with Gasteiger partial charge in [-0.2, -0.15) is 0 Å². The molecule has 2 aromatic rings. The lowest BCUT2D eigenvalue weighted by Gasteiger charge is -2.35. The van der Waals surface area contributed by atoms with Crippen molar-refractivity contribution >= 4 is 28.9 Å². The van der Waals surface area contributed by atoms with Crippen LogP contribution < -0.4 is 15.0 Å².